The number of nitrogens with zero attached hydrogens (tertiary/aromatic N) is 1. The summed E-state index contributed by atoms with van der Waals surface area (Å²) in [7, 11) is -3.37. The molecule has 1 heterocycles. The summed E-state index contributed by atoms with van der Waals surface area (Å²) < 4.78 is 26.7. The molecular formula is C14H22N2O2S. The lowest BCUT2D eigenvalue weighted by atomic mass is 9.83. The lowest BCUT2D eigenvalue weighted by Crippen LogP contribution is -2.41. The molecule has 0 aromatic heterocycles. The van der Waals surface area contributed by atoms with Gasteiger partial charge in [-0.3, -0.25) is 0 Å². The first kappa shape index (κ1) is 14.3. The van der Waals surface area contributed by atoms with Crippen LogP contribution in [0.2, 0.25) is 0 Å². The predicted molar refractivity (Wildman–Crippen MR) is 77.4 cm³/mol. The van der Waals surface area contributed by atoms with Gasteiger partial charge in [0.2, 0.25) is 10.0 Å². The molecular weight excluding hydrogens is 260 g/mol. The second-order valence-electron chi connectivity index (χ2n) is 6.09. The second kappa shape index (κ2) is 4.80. The molecule has 1 fully saturated rings. The Labute approximate surface area is 115 Å². The Morgan fingerprint density at radius 2 is 1.79 bits per heavy atom. The fourth-order valence-electron chi connectivity index (χ4n) is 2.29. The molecule has 0 unspecified atom stereocenters. The summed E-state index contributed by atoms with van der Waals surface area (Å²) in [6.45, 7) is 7.39. The van der Waals surface area contributed by atoms with E-state index < -0.39 is 10.0 Å². The van der Waals surface area contributed by atoms with Gasteiger partial charge in [-0.15, -0.1) is 0 Å². The lowest BCUT2D eigenvalue weighted by molar-refractivity contribution is 0.196. The van der Waals surface area contributed by atoms with Crippen LogP contribution in [0.25, 0.3) is 0 Å². The highest BCUT2D eigenvalue weighted by atomic mass is 32.2. The normalized spacial score (nSPS) is 20.4. The summed E-state index contributed by atoms with van der Waals surface area (Å²) in [5.74, 6) is 0. The maximum absolute atomic E-state index is 12.5. The first-order valence-electron chi connectivity index (χ1n) is 6.59. The van der Waals surface area contributed by atoms with E-state index in [9.17, 15) is 8.42 Å². The second-order valence-corrected chi connectivity index (χ2v) is 8.02. The van der Waals surface area contributed by atoms with Crippen LogP contribution in [0, 0.1) is 12.3 Å². The van der Waals surface area contributed by atoms with Crippen LogP contribution in [0.4, 0.5) is 5.69 Å². The molecule has 0 aliphatic carbocycles. The quantitative estimate of drug-likeness (QED) is 0.847. The largest absolute Gasteiger partial charge is 0.399 e. The van der Waals surface area contributed by atoms with Crippen LogP contribution in [-0.2, 0) is 10.0 Å². The maximum Gasteiger partial charge on any atom is 0.243 e. The van der Waals surface area contributed by atoms with Crippen molar-refractivity contribution in [3.8, 4) is 0 Å². The van der Waals surface area contributed by atoms with Gasteiger partial charge >= 0.3 is 0 Å². The third kappa shape index (κ3) is 2.92. The molecule has 5 heteroatoms. The number of benzene rings is 1. The van der Waals surface area contributed by atoms with E-state index in [2.05, 4.69) is 13.8 Å². The summed E-state index contributed by atoms with van der Waals surface area (Å²) >= 11 is 0. The van der Waals surface area contributed by atoms with E-state index in [1.165, 1.54) is 0 Å². The highest BCUT2D eigenvalue weighted by Crippen LogP contribution is 2.32. The minimum absolute atomic E-state index is 0.239. The number of sulfonamides is 1. The van der Waals surface area contributed by atoms with E-state index in [0.29, 0.717) is 23.7 Å². The van der Waals surface area contributed by atoms with Gasteiger partial charge in [-0.1, -0.05) is 13.8 Å². The third-order valence-electron chi connectivity index (χ3n) is 3.96. The van der Waals surface area contributed by atoms with E-state index in [0.717, 1.165) is 18.4 Å². The van der Waals surface area contributed by atoms with Gasteiger partial charge in [-0.05, 0) is 48.9 Å². The van der Waals surface area contributed by atoms with E-state index in [-0.39, 0.29) is 5.41 Å². The summed E-state index contributed by atoms with van der Waals surface area (Å²) in [4.78, 5) is 0.346. The Morgan fingerprint density at radius 3 is 2.32 bits per heavy atom. The van der Waals surface area contributed by atoms with Crippen LogP contribution in [0.5, 0.6) is 0 Å². The number of anilines is 1. The zero-order valence-corrected chi connectivity index (χ0v) is 12.6. The van der Waals surface area contributed by atoms with Crippen molar-refractivity contribution in [1.29, 1.82) is 0 Å². The average molecular weight is 282 g/mol. The molecule has 0 radical (unpaired) electrons. The molecule has 0 bridgehead atoms. The standard InChI is InChI=1S/C14H22N2O2S/c1-11-10-12(4-5-13(11)15)19(17,18)16-8-6-14(2,3)7-9-16/h4-5,10H,6-9,15H2,1-3H3. The van der Waals surface area contributed by atoms with Crippen molar-refractivity contribution >= 4 is 15.7 Å². The fourth-order valence-corrected chi connectivity index (χ4v) is 3.82. The smallest absolute Gasteiger partial charge is 0.243 e. The fraction of sp³-hybridized carbons (Fsp3) is 0.571. The predicted octanol–water partition coefficient (Wildman–Crippen LogP) is 2.39. The Hall–Kier alpha value is -1.07. The first-order valence-corrected chi connectivity index (χ1v) is 8.03. The molecule has 0 amide bonds. The SMILES string of the molecule is Cc1cc(S(=O)(=O)N2CCC(C)(C)CC2)ccc1N. The van der Waals surface area contributed by atoms with Crippen molar-refractivity contribution in [2.75, 3.05) is 18.8 Å². The Bertz CT molecular complexity index is 569. The summed E-state index contributed by atoms with van der Waals surface area (Å²) in [6.07, 6.45) is 1.81. The van der Waals surface area contributed by atoms with Gasteiger partial charge in [0.1, 0.15) is 0 Å². The number of nitrogens with two attached hydrogens (primary N) is 1. The molecule has 4 nitrogen and oxygen atoms in total. The van der Waals surface area contributed by atoms with Crippen LogP contribution in [0.1, 0.15) is 32.3 Å². The van der Waals surface area contributed by atoms with Crippen LogP contribution in [-0.4, -0.2) is 25.8 Å². The van der Waals surface area contributed by atoms with E-state index in [1.807, 2.05) is 6.92 Å². The third-order valence-corrected chi connectivity index (χ3v) is 5.85. The minimum Gasteiger partial charge on any atom is -0.399 e. The van der Waals surface area contributed by atoms with Crippen molar-refractivity contribution < 1.29 is 8.42 Å². The van der Waals surface area contributed by atoms with Crippen LogP contribution in [0.3, 0.4) is 0 Å². The average Bonchev–Trinajstić information content (AvgIpc) is 2.32. The van der Waals surface area contributed by atoms with E-state index >= 15 is 0 Å². The molecule has 1 aliphatic heterocycles. The molecule has 0 spiro atoms. The highest BCUT2D eigenvalue weighted by molar-refractivity contribution is 7.89. The molecule has 2 N–H and O–H groups in total. The lowest BCUT2D eigenvalue weighted by Gasteiger charge is -2.36. The number of nitrogen functional groups attached to an aromatic ring is 1. The number of piperidine rings is 1. The van der Waals surface area contributed by atoms with Crippen molar-refractivity contribution in [3.05, 3.63) is 23.8 Å². The van der Waals surface area contributed by atoms with Gasteiger partial charge in [0.05, 0.1) is 4.90 Å². The molecule has 1 aromatic carbocycles. The molecule has 1 aliphatic rings. The highest BCUT2D eigenvalue weighted by Gasteiger charge is 2.32. The zero-order chi connectivity index (χ0) is 14.3. The van der Waals surface area contributed by atoms with E-state index in [1.54, 1.807) is 22.5 Å². The van der Waals surface area contributed by atoms with Crippen LogP contribution < -0.4 is 5.73 Å². The summed E-state index contributed by atoms with van der Waals surface area (Å²) in [5, 5.41) is 0. The Morgan fingerprint density at radius 1 is 1.21 bits per heavy atom. The van der Waals surface area contributed by atoms with Crippen LogP contribution in [0.15, 0.2) is 23.1 Å². The van der Waals surface area contributed by atoms with Gasteiger partial charge in [0, 0.05) is 18.8 Å². The molecule has 1 aromatic rings. The topological polar surface area (TPSA) is 63.4 Å². The van der Waals surface area contributed by atoms with Crippen molar-refractivity contribution in [3.63, 3.8) is 0 Å². The molecule has 1 saturated heterocycles. The summed E-state index contributed by atoms with van der Waals surface area (Å²) in [6, 6.07) is 4.91. The van der Waals surface area contributed by atoms with Gasteiger partial charge in [0.25, 0.3) is 0 Å². The molecule has 0 atom stereocenters. The van der Waals surface area contributed by atoms with Gasteiger partial charge in [0.15, 0.2) is 0 Å². The first-order chi connectivity index (χ1) is 8.72. The molecule has 0 saturated carbocycles. The van der Waals surface area contributed by atoms with Gasteiger partial charge in [-0.25, -0.2) is 8.42 Å². The minimum atomic E-state index is -3.37. The Balaban J connectivity index is 2.25. The van der Waals surface area contributed by atoms with Crippen molar-refractivity contribution in [2.45, 2.75) is 38.5 Å². The monoisotopic (exact) mass is 282 g/mol. The van der Waals surface area contributed by atoms with Gasteiger partial charge in [-0.2, -0.15) is 4.31 Å². The summed E-state index contributed by atoms with van der Waals surface area (Å²) in [5.41, 5.74) is 7.40. The molecule has 106 valence electrons. The number of rotatable bonds is 2. The van der Waals surface area contributed by atoms with Gasteiger partial charge < -0.3 is 5.73 Å². The molecule has 19 heavy (non-hydrogen) atoms. The van der Waals surface area contributed by atoms with E-state index in [4.69, 9.17) is 5.73 Å². The maximum atomic E-state index is 12.5. The van der Waals surface area contributed by atoms with Crippen LogP contribution >= 0.6 is 0 Å². The number of hydrogen-bond acceptors (Lipinski definition) is 3. The number of aryl methyl sites for hydroxylation is 1. The van der Waals surface area contributed by atoms with Crippen molar-refractivity contribution in [2.24, 2.45) is 5.41 Å². The number of hydrogen-bond donors (Lipinski definition) is 1. The molecule has 2 rings (SSSR count). The zero-order valence-electron chi connectivity index (χ0n) is 11.8. The van der Waals surface area contributed by atoms with Crippen molar-refractivity contribution in [1.82, 2.24) is 4.31 Å². The Kier molecular flexibility index (Phi) is 3.62.